The number of hydrogen-bond acceptors (Lipinski definition) is 2. The Morgan fingerprint density at radius 1 is 0.923 bits per heavy atom. The molecule has 0 aliphatic rings. The Hall–Kier alpha value is -2.92. The van der Waals surface area contributed by atoms with Gasteiger partial charge >= 0.3 is 6.09 Å². The van der Waals surface area contributed by atoms with Gasteiger partial charge in [0, 0.05) is 6.07 Å². The van der Waals surface area contributed by atoms with Crippen LogP contribution in [0.15, 0.2) is 60.7 Å². The van der Waals surface area contributed by atoms with E-state index in [0.717, 1.165) is 23.3 Å². The SMILES string of the molecule is Cc1ccc(-c2ccc(OC(=O)Nc3cc(F)c(F)cc3Cl)cc2)cc1. The molecule has 0 bridgehead atoms. The third-order valence-electron chi connectivity index (χ3n) is 3.70. The summed E-state index contributed by atoms with van der Waals surface area (Å²) in [5.41, 5.74) is 3.11. The quantitative estimate of drug-likeness (QED) is 0.555. The molecule has 0 atom stereocenters. The molecule has 3 aromatic carbocycles. The van der Waals surface area contributed by atoms with Crippen LogP contribution in [0.4, 0.5) is 19.3 Å². The van der Waals surface area contributed by atoms with Crippen LogP contribution in [-0.4, -0.2) is 6.09 Å². The largest absolute Gasteiger partial charge is 0.417 e. The highest BCUT2D eigenvalue weighted by atomic mass is 35.5. The van der Waals surface area contributed by atoms with Gasteiger partial charge < -0.3 is 4.74 Å². The summed E-state index contributed by atoms with van der Waals surface area (Å²) in [6.07, 6.45) is -0.860. The molecule has 0 fully saturated rings. The molecule has 0 unspecified atom stereocenters. The van der Waals surface area contributed by atoms with Crippen LogP contribution >= 0.6 is 11.6 Å². The lowest BCUT2D eigenvalue weighted by atomic mass is 10.0. The first-order chi connectivity index (χ1) is 12.4. The predicted octanol–water partition coefficient (Wildman–Crippen LogP) is 6.20. The molecular formula is C20H14ClF2NO2. The van der Waals surface area contributed by atoms with Gasteiger partial charge in [-0.25, -0.2) is 13.6 Å². The van der Waals surface area contributed by atoms with Gasteiger partial charge in [0.15, 0.2) is 11.6 Å². The van der Waals surface area contributed by atoms with Crippen molar-refractivity contribution in [2.75, 3.05) is 5.32 Å². The van der Waals surface area contributed by atoms with Gasteiger partial charge in [0.1, 0.15) is 5.75 Å². The Balaban J connectivity index is 1.68. The molecule has 3 rings (SSSR count). The van der Waals surface area contributed by atoms with Crippen molar-refractivity contribution in [2.45, 2.75) is 6.92 Å². The molecule has 0 radical (unpaired) electrons. The Labute approximate surface area is 154 Å². The minimum atomic E-state index is -1.12. The van der Waals surface area contributed by atoms with Crippen LogP contribution in [0.3, 0.4) is 0 Å². The van der Waals surface area contributed by atoms with Gasteiger partial charge in [-0.15, -0.1) is 0 Å². The third-order valence-corrected chi connectivity index (χ3v) is 4.01. The molecule has 0 aliphatic carbocycles. The van der Waals surface area contributed by atoms with Gasteiger partial charge in [-0.2, -0.15) is 0 Å². The van der Waals surface area contributed by atoms with Crippen molar-refractivity contribution >= 4 is 23.4 Å². The highest BCUT2D eigenvalue weighted by molar-refractivity contribution is 6.33. The number of ether oxygens (including phenoxy) is 1. The predicted molar refractivity (Wildman–Crippen MR) is 97.6 cm³/mol. The molecular weight excluding hydrogens is 360 g/mol. The molecule has 0 heterocycles. The van der Waals surface area contributed by atoms with Gasteiger partial charge in [-0.05, 0) is 36.2 Å². The molecule has 0 saturated carbocycles. The van der Waals surface area contributed by atoms with E-state index in [1.54, 1.807) is 12.1 Å². The molecule has 0 aliphatic heterocycles. The molecule has 1 N–H and O–H groups in total. The lowest BCUT2D eigenvalue weighted by Crippen LogP contribution is -2.17. The van der Waals surface area contributed by atoms with Crippen LogP contribution in [-0.2, 0) is 0 Å². The summed E-state index contributed by atoms with van der Waals surface area (Å²) in [7, 11) is 0. The van der Waals surface area contributed by atoms with Crippen molar-refractivity contribution in [3.63, 3.8) is 0 Å². The summed E-state index contributed by atoms with van der Waals surface area (Å²) < 4.78 is 31.4. The fourth-order valence-electron chi connectivity index (χ4n) is 2.32. The van der Waals surface area contributed by atoms with Gasteiger partial charge in [0.2, 0.25) is 0 Å². The molecule has 0 spiro atoms. The molecule has 1 amide bonds. The number of anilines is 1. The Morgan fingerprint density at radius 2 is 1.46 bits per heavy atom. The van der Waals surface area contributed by atoms with Crippen LogP contribution in [0.1, 0.15) is 5.56 Å². The van der Waals surface area contributed by atoms with Crippen molar-refractivity contribution in [3.05, 3.63) is 82.9 Å². The number of carbonyl (C=O) groups is 1. The van der Waals surface area contributed by atoms with Crippen LogP contribution in [0, 0.1) is 18.6 Å². The summed E-state index contributed by atoms with van der Waals surface area (Å²) in [4.78, 5) is 11.9. The van der Waals surface area contributed by atoms with E-state index >= 15 is 0 Å². The van der Waals surface area contributed by atoms with Crippen LogP contribution < -0.4 is 10.1 Å². The summed E-state index contributed by atoms with van der Waals surface area (Å²) in [6, 6.07) is 16.5. The van der Waals surface area contributed by atoms with E-state index in [4.69, 9.17) is 16.3 Å². The molecule has 0 saturated heterocycles. The molecule has 0 aromatic heterocycles. The minimum absolute atomic E-state index is 0.0770. The van der Waals surface area contributed by atoms with E-state index in [9.17, 15) is 13.6 Å². The van der Waals surface area contributed by atoms with Crippen LogP contribution in [0.5, 0.6) is 5.75 Å². The number of amides is 1. The van der Waals surface area contributed by atoms with E-state index in [1.165, 1.54) is 5.56 Å². The second kappa shape index (κ2) is 7.54. The first kappa shape index (κ1) is 17.9. The van der Waals surface area contributed by atoms with E-state index < -0.39 is 17.7 Å². The van der Waals surface area contributed by atoms with Crippen molar-refractivity contribution in [3.8, 4) is 16.9 Å². The van der Waals surface area contributed by atoms with E-state index in [1.807, 2.05) is 43.3 Å². The monoisotopic (exact) mass is 373 g/mol. The maximum Gasteiger partial charge on any atom is 0.417 e. The lowest BCUT2D eigenvalue weighted by molar-refractivity contribution is 0.215. The Kier molecular flexibility index (Phi) is 5.19. The van der Waals surface area contributed by atoms with Crippen LogP contribution in [0.25, 0.3) is 11.1 Å². The number of rotatable bonds is 3. The third kappa shape index (κ3) is 4.18. The minimum Gasteiger partial charge on any atom is -0.410 e. The molecule has 132 valence electrons. The second-order valence-electron chi connectivity index (χ2n) is 5.65. The standard InChI is InChI=1S/C20H14ClF2NO2/c1-12-2-4-13(5-3-12)14-6-8-15(9-7-14)26-20(25)24-19-11-18(23)17(22)10-16(19)21/h2-11H,1H3,(H,24,25). The van der Waals surface area contributed by atoms with E-state index in [2.05, 4.69) is 5.32 Å². The zero-order valence-corrected chi connectivity index (χ0v) is 14.5. The topological polar surface area (TPSA) is 38.3 Å². The highest BCUT2D eigenvalue weighted by Crippen LogP contribution is 2.26. The molecule has 6 heteroatoms. The second-order valence-corrected chi connectivity index (χ2v) is 6.06. The molecule has 3 aromatic rings. The van der Waals surface area contributed by atoms with Gasteiger partial charge in [-0.3, -0.25) is 5.32 Å². The van der Waals surface area contributed by atoms with Crippen LogP contribution in [0.2, 0.25) is 5.02 Å². The first-order valence-corrected chi connectivity index (χ1v) is 8.10. The fourth-order valence-corrected chi connectivity index (χ4v) is 2.52. The maximum absolute atomic E-state index is 13.2. The van der Waals surface area contributed by atoms with Gasteiger partial charge in [-0.1, -0.05) is 53.6 Å². The number of hydrogen-bond donors (Lipinski definition) is 1. The summed E-state index contributed by atoms with van der Waals surface area (Å²) >= 11 is 5.77. The summed E-state index contributed by atoms with van der Waals surface area (Å²) in [6.45, 7) is 2.01. The average Bonchev–Trinajstić information content (AvgIpc) is 2.61. The summed E-state index contributed by atoms with van der Waals surface area (Å²) in [5, 5.41) is 2.15. The summed E-state index contributed by atoms with van der Waals surface area (Å²) in [5.74, 6) is -1.91. The van der Waals surface area contributed by atoms with E-state index in [-0.39, 0.29) is 10.7 Å². The maximum atomic E-state index is 13.2. The van der Waals surface area contributed by atoms with Crippen molar-refractivity contribution < 1.29 is 18.3 Å². The first-order valence-electron chi connectivity index (χ1n) is 7.73. The Bertz CT molecular complexity index is 941. The number of benzene rings is 3. The van der Waals surface area contributed by atoms with E-state index in [0.29, 0.717) is 5.75 Å². The molecule has 26 heavy (non-hydrogen) atoms. The Morgan fingerprint density at radius 3 is 2.08 bits per heavy atom. The number of nitrogens with one attached hydrogen (secondary N) is 1. The number of carbonyl (C=O) groups excluding carboxylic acids is 1. The normalized spacial score (nSPS) is 10.5. The van der Waals surface area contributed by atoms with Crippen molar-refractivity contribution in [2.24, 2.45) is 0 Å². The lowest BCUT2D eigenvalue weighted by Gasteiger charge is -2.09. The smallest absolute Gasteiger partial charge is 0.410 e. The fraction of sp³-hybridized carbons (Fsp3) is 0.0500. The van der Waals surface area contributed by atoms with Gasteiger partial charge in [0.05, 0.1) is 10.7 Å². The zero-order chi connectivity index (χ0) is 18.7. The van der Waals surface area contributed by atoms with Gasteiger partial charge in [0.25, 0.3) is 0 Å². The average molecular weight is 374 g/mol. The number of aryl methyl sites for hydroxylation is 1. The highest BCUT2D eigenvalue weighted by Gasteiger charge is 2.12. The number of halogens is 3. The molecule has 3 nitrogen and oxygen atoms in total. The van der Waals surface area contributed by atoms with Crippen molar-refractivity contribution in [1.29, 1.82) is 0 Å². The van der Waals surface area contributed by atoms with Crippen molar-refractivity contribution in [1.82, 2.24) is 0 Å². The zero-order valence-electron chi connectivity index (χ0n) is 13.7.